The summed E-state index contributed by atoms with van der Waals surface area (Å²) in [6.07, 6.45) is 6.92. The van der Waals surface area contributed by atoms with Crippen LogP contribution < -0.4 is 5.32 Å². The van der Waals surface area contributed by atoms with Crippen LogP contribution in [0.25, 0.3) is 0 Å². The molecular weight excluding hydrogens is 374 g/mol. The molecule has 1 aromatic rings. The third-order valence-electron chi connectivity index (χ3n) is 4.22. The Morgan fingerprint density at radius 3 is 2.44 bits per heavy atom. The maximum atomic E-state index is 3.60. The maximum Gasteiger partial charge on any atom is 0.0843 e. The summed E-state index contributed by atoms with van der Waals surface area (Å²) in [5, 5.41) is 3.53. The first-order valence-corrected chi connectivity index (χ1v) is 9.18. The number of thiophene rings is 1. The van der Waals surface area contributed by atoms with Gasteiger partial charge in [-0.05, 0) is 69.7 Å². The summed E-state index contributed by atoms with van der Waals surface area (Å²) in [6.45, 7) is 2.33. The molecule has 1 aliphatic rings. The minimum Gasteiger partial charge on any atom is -0.312 e. The average Bonchev–Trinajstić information content (AvgIpc) is 2.71. The van der Waals surface area contributed by atoms with E-state index in [0.717, 1.165) is 11.8 Å². The topological polar surface area (TPSA) is 12.0 Å². The van der Waals surface area contributed by atoms with Crippen LogP contribution in [-0.4, -0.2) is 7.05 Å². The number of halogens is 2. The third kappa shape index (κ3) is 3.38. The lowest BCUT2D eigenvalue weighted by atomic mass is 9.77. The molecule has 4 heteroatoms. The second-order valence-electron chi connectivity index (χ2n) is 5.23. The zero-order valence-corrected chi connectivity index (χ0v) is 15.0. The van der Waals surface area contributed by atoms with Crippen molar-refractivity contribution < 1.29 is 0 Å². The van der Waals surface area contributed by atoms with E-state index in [1.54, 1.807) is 0 Å². The van der Waals surface area contributed by atoms with Gasteiger partial charge in [0, 0.05) is 15.4 Å². The highest BCUT2D eigenvalue weighted by atomic mass is 79.9. The second kappa shape index (κ2) is 6.87. The molecule has 1 fully saturated rings. The molecule has 0 spiro atoms. The fourth-order valence-corrected chi connectivity index (χ4v) is 5.35. The highest BCUT2D eigenvalue weighted by Crippen LogP contribution is 2.42. The Labute approximate surface area is 131 Å². The molecule has 1 atom stereocenters. The van der Waals surface area contributed by atoms with Crippen molar-refractivity contribution in [3.05, 3.63) is 19.2 Å². The zero-order valence-electron chi connectivity index (χ0n) is 11.0. The zero-order chi connectivity index (χ0) is 13.1. The minimum absolute atomic E-state index is 0.524. The molecule has 1 N–H and O–H groups in total. The normalized spacial score (nSPS) is 26.2. The van der Waals surface area contributed by atoms with Crippen LogP contribution >= 0.6 is 43.2 Å². The van der Waals surface area contributed by atoms with Crippen molar-refractivity contribution in [2.45, 2.75) is 45.1 Å². The number of hydrogen-bond acceptors (Lipinski definition) is 2. The lowest BCUT2D eigenvalue weighted by Gasteiger charge is -2.33. The Kier molecular flexibility index (Phi) is 5.73. The molecular formula is C14H21Br2NS. The number of hydrogen-bond donors (Lipinski definition) is 1. The quantitative estimate of drug-likeness (QED) is 0.685. The van der Waals surface area contributed by atoms with E-state index in [9.17, 15) is 0 Å². The molecule has 18 heavy (non-hydrogen) atoms. The Bertz CT molecular complexity index is 364. The van der Waals surface area contributed by atoms with Crippen molar-refractivity contribution in [1.29, 1.82) is 0 Å². The molecule has 0 radical (unpaired) electrons. The van der Waals surface area contributed by atoms with E-state index < -0.39 is 0 Å². The van der Waals surface area contributed by atoms with Crippen LogP contribution in [0.5, 0.6) is 0 Å². The SMILES string of the molecule is CCC1CCC(C(NC)c2cc(Br)c(Br)s2)CC1. The van der Waals surface area contributed by atoms with Gasteiger partial charge in [0.2, 0.25) is 0 Å². The van der Waals surface area contributed by atoms with E-state index in [1.807, 2.05) is 11.3 Å². The molecule has 0 amide bonds. The van der Waals surface area contributed by atoms with E-state index in [2.05, 4.69) is 57.2 Å². The summed E-state index contributed by atoms with van der Waals surface area (Å²) >= 11 is 9.05. The van der Waals surface area contributed by atoms with Gasteiger partial charge >= 0.3 is 0 Å². The summed E-state index contributed by atoms with van der Waals surface area (Å²) < 4.78 is 2.39. The van der Waals surface area contributed by atoms with E-state index in [-0.39, 0.29) is 0 Å². The van der Waals surface area contributed by atoms with Crippen molar-refractivity contribution in [2.75, 3.05) is 7.05 Å². The molecule has 1 nitrogen and oxygen atoms in total. The van der Waals surface area contributed by atoms with Gasteiger partial charge in [-0.3, -0.25) is 0 Å². The van der Waals surface area contributed by atoms with Gasteiger partial charge in [0.1, 0.15) is 0 Å². The molecule has 2 rings (SSSR count). The summed E-state index contributed by atoms with van der Waals surface area (Å²) in [7, 11) is 2.10. The molecule has 1 unspecified atom stereocenters. The standard InChI is InChI=1S/C14H21Br2NS/c1-3-9-4-6-10(7-5-9)13(17-2)12-8-11(15)14(16)18-12/h8-10,13,17H,3-7H2,1-2H3. The predicted octanol–water partition coefficient (Wildman–Crippen LogP) is 5.75. The molecule has 102 valence electrons. The first-order valence-electron chi connectivity index (χ1n) is 6.77. The first kappa shape index (κ1) is 15.0. The van der Waals surface area contributed by atoms with Gasteiger partial charge in [0.15, 0.2) is 0 Å². The summed E-state index contributed by atoms with van der Waals surface area (Å²) in [5.41, 5.74) is 0. The van der Waals surface area contributed by atoms with E-state index in [1.165, 1.54) is 45.2 Å². The molecule has 0 aromatic carbocycles. The molecule has 0 aliphatic heterocycles. The Morgan fingerprint density at radius 1 is 1.33 bits per heavy atom. The van der Waals surface area contributed by atoms with Gasteiger partial charge < -0.3 is 5.32 Å². The van der Waals surface area contributed by atoms with Gasteiger partial charge in [-0.15, -0.1) is 11.3 Å². The fourth-order valence-electron chi connectivity index (χ4n) is 3.06. The Hall–Kier alpha value is 0.620. The Morgan fingerprint density at radius 2 is 2.00 bits per heavy atom. The largest absolute Gasteiger partial charge is 0.312 e. The highest BCUT2D eigenvalue weighted by molar-refractivity contribution is 9.13. The van der Waals surface area contributed by atoms with E-state index in [4.69, 9.17) is 0 Å². The van der Waals surface area contributed by atoms with E-state index in [0.29, 0.717) is 6.04 Å². The van der Waals surface area contributed by atoms with Gasteiger partial charge in [-0.2, -0.15) is 0 Å². The monoisotopic (exact) mass is 393 g/mol. The summed E-state index contributed by atoms with van der Waals surface area (Å²) in [4.78, 5) is 1.45. The lowest BCUT2D eigenvalue weighted by Crippen LogP contribution is -2.28. The van der Waals surface area contributed by atoms with Crippen molar-refractivity contribution in [2.24, 2.45) is 11.8 Å². The highest BCUT2D eigenvalue weighted by Gasteiger charge is 2.28. The molecule has 0 bridgehead atoms. The Balaban J connectivity index is 2.05. The van der Waals surface area contributed by atoms with Crippen LogP contribution in [0, 0.1) is 11.8 Å². The van der Waals surface area contributed by atoms with Gasteiger partial charge in [-0.25, -0.2) is 0 Å². The van der Waals surface area contributed by atoms with Crippen molar-refractivity contribution in [3.8, 4) is 0 Å². The molecule has 1 aromatic heterocycles. The molecule has 1 heterocycles. The average molecular weight is 395 g/mol. The van der Waals surface area contributed by atoms with Crippen molar-refractivity contribution in [3.63, 3.8) is 0 Å². The van der Waals surface area contributed by atoms with Crippen LogP contribution in [0.2, 0.25) is 0 Å². The van der Waals surface area contributed by atoms with Crippen LogP contribution in [0.4, 0.5) is 0 Å². The number of nitrogens with one attached hydrogen (secondary N) is 1. The van der Waals surface area contributed by atoms with Crippen LogP contribution in [0.3, 0.4) is 0 Å². The summed E-state index contributed by atoms with van der Waals surface area (Å²) in [6, 6.07) is 2.79. The van der Waals surface area contributed by atoms with Gasteiger partial charge in [0.25, 0.3) is 0 Å². The lowest BCUT2D eigenvalue weighted by molar-refractivity contribution is 0.226. The van der Waals surface area contributed by atoms with Gasteiger partial charge in [0.05, 0.1) is 3.79 Å². The molecule has 0 saturated heterocycles. The van der Waals surface area contributed by atoms with Crippen LogP contribution in [0.15, 0.2) is 14.3 Å². The smallest absolute Gasteiger partial charge is 0.0843 e. The molecule has 1 saturated carbocycles. The predicted molar refractivity (Wildman–Crippen MR) is 87.3 cm³/mol. The second-order valence-corrected chi connectivity index (χ2v) is 8.48. The maximum absolute atomic E-state index is 3.60. The third-order valence-corrected chi connectivity index (χ3v) is 7.56. The summed E-state index contributed by atoms with van der Waals surface area (Å²) in [5.74, 6) is 1.77. The molecule has 1 aliphatic carbocycles. The van der Waals surface area contributed by atoms with Crippen LogP contribution in [-0.2, 0) is 0 Å². The van der Waals surface area contributed by atoms with Crippen LogP contribution in [0.1, 0.15) is 49.9 Å². The van der Waals surface area contributed by atoms with E-state index >= 15 is 0 Å². The first-order chi connectivity index (χ1) is 8.65. The van der Waals surface area contributed by atoms with Crippen molar-refractivity contribution >= 4 is 43.2 Å². The number of rotatable bonds is 4. The van der Waals surface area contributed by atoms with Gasteiger partial charge in [-0.1, -0.05) is 26.2 Å². The minimum atomic E-state index is 0.524. The fraction of sp³-hybridized carbons (Fsp3) is 0.714. The van der Waals surface area contributed by atoms with Crippen molar-refractivity contribution in [1.82, 2.24) is 5.32 Å².